The minimum absolute atomic E-state index is 0.163. The van der Waals surface area contributed by atoms with Crippen LogP contribution in [-0.2, 0) is 16.6 Å². The highest BCUT2D eigenvalue weighted by molar-refractivity contribution is 7.89. The molecule has 3 aromatic rings. The minimum Gasteiger partial charge on any atom is -0.489 e. The lowest BCUT2D eigenvalue weighted by Crippen LogP contribution is -2.41. The minimum atomic E-state index is -3.65. The van der Waals surface area contributed by atoms with Crippen molar-refractivity contribution in [1.82, 2.24) is 10.0 Å². The zero-order valence-corrected chi connectivity index (χ0v) is 18.3. The molecule has 0 fully saturated rings. The lowest BCUT2D eigenvalue weighted by Gasteiger charge is -2.23. The first-order valence-corrected chi connectivity index (χ1v) is 11.7. The normalized spacial score (nSPS) is 16.2. The molecular formula is C24H24N2O5S. The number of fused-ring (bicyclic) bond motifs is 2. The van der Waals surface area contributed by atoms with Crippen molar-refractivity contribution in [2.75, 3.05) is 6.54 Å². The van der Waals surface area contributed by atoms with Gasteiger partial charge in [0.1, 0.15) is 12.4 Å². The molecule has 0 aliphatic carbocycles. The maximum Gasteiger partial charge on any atom is 0.335 e. The van der Waals surface area contributed by atoms with Crippen molar-refractivity contribution in [3.05, 3.63) is 95.1 Å². The van der Waals surface area contributed by atoms with Gasteiger partial charge < -0.3 is 15.2 Å². The van der Waals surface area contributed by atoms with E-state index in [9.17, 15) is 18.3 Å². The molecule has 0 spiro atoms. The van der Waals surface area contributed by atoms with Crippen LogP contribution in [0.3, 0.4) is 0 Å². The predicted molar refractivity (Wildman–Crippen MR) is 120 cm³/mol. The van der Waals surface area contributed by atoms with Crippen molar-refractivity contribution < 1.29 is 23.1 Å². The van der Waals surface area contributed by atoms with Crippen LogP contribution >= 0.6 is 0 Å². The van der Waals surface area contributed by atoms with Gasteiger partial charge in [0.25, 0.3) is 0 Å². The lowest BCUT2D eigenvalue weighted by atomic mass is 9.93. The number of benzene rings is 3. The summed E-state index contributed by atoms with van der Waals surface area (Å²) in [5, 5.41) is 12.9. The molecule has 2 atom stereocenters. The number of hydrogen-bond donors (Lipinski definition) is 3. The Hall–Kier alpha value is -3.20. The molecule has 8 heteroatoms. The molecule has 7 nitrogen and oxygen atoms in total. The van der Waals surface area contributed by atoms with Crippen LogP contribution in [0.1, 0.15) is 40.0 Å². The molecule has 0 amide bonds. The first-order valence-electron chi connectivity index (χ1n) is 10.2. The molecule has 4 rings (SSSR count). The SMILES string of the molecule is CC(CNC1c2ccccc2COc2ccc(C(=O)O)cc21)NS(=O)(=O)c1ccccc1. The van der Waals surface area contributed by atoms with Crippen LogP contribution in [0.2, 0.25) is 0 Å². The zero-order valence-electron chi connectivity index (χ0n) is 17.5. The Morgan fingerprint density at radius 2 is 1.78 bits per heavy atom. The van der Waals surface area contributed by atoms with Crippen molar-refractivity contribution in [1.29, 1.82) is 0 Å². The largest absolute Gasteiger partial charge is 0.489 e. The number of rotatable bonds is 7. The number of aromatic carboxylic acids is 1. The van der Waals surface area contributed by atoms with Gasteiger partial charge >= 0.3 is 5.97 Å². The van der Waals surface area contributed by atoms with Crippen LogP contribution in [0.25, 0.3) is 0 Å². The second-order valence-corrected chi connectivity index (χ2v) is 9.44. The number of carbonyl (C=O) groups is 1. The third-order valence-corrected chi connectivity index (χ3v) is 6.96. The average molecular weight is 453 g/mol. The monoisotopic (exact) mass is 452 g/mol. The van der Waals surface area contributed by atoms with E-state index in [1.165, 1.54) is 6.07 Å². The fourth-order valence-electron chi connectivity index (χ4n) is 3.80. The molecule has 1 aliphatic heterocycles. The van der Waals surface area contributed by atoms with Gasteiger partial charge in [-0.3, -0.25) is 0 Å². The average Bonchev–Trinajstić information content (AvgIpc) is 2.94. The van der Waals surface area contributed by atoms with Crippen molar-refractivity contribution in [2.24, 2.45) is 0 Å². The van der Waals surface area contributed by atoms with Crippen molar-refractivity contribution in [3.63, 3.8) is 0 Å². The van der Waals surface area contributed by atoms with E-state index in [1.807, 2.05) is 24.3 Å². The molecule has 166 valence electrons. The van der Waals surface area contributed by atoms with Gasteiger partial charge in [-0.05, 0) is 48.4 Å². The van der Waals surface area contributed by atoms with Crippen molar-refractivity contribution in [2.45, 2.75) is 30.5 Å². The van der Waals surface area contributed by atoms with E-state index in [-0.39, 0.29) is 16.5 Å². The van der Waals surface area contributed by atoms with Gasteiger partial charge in [0.2, 0.25) is 10.0 Å². The molecule has 0 radical (unpaired) electrons. The highest BCUT2D eigenvalue weighted by Crippen LogP contribution is 2.36. The Morgan fingerprint density at radius 3 is 2.53 bits per heavy atom. The summed E-state index contributed by atoms with van der Waals surface area (Å²) in [4.78, 5) is 11.7. The zero-order chi connectivity index (χ0) is 22.7. The molecule has 0 saturated heterocycles. The Balaban J connectivity index is 1.60. The first kappa shape index (κ1) is 22.0. The van der Waals surface area contributed by atoms with E-state index in [4.69, 9.17) is 4.74 Å². The smallest absolute Gasteiger partial charge is 0.335 e. The van der Waals surface area contributed by atoms with Gasteiger partial charge in [-0.1, -0.05) is 42.5 Å². The molecule has 3 N–H and O–H groups in total. The standard InChI is InChI=1S/C24H24N2O5S/c1-16(26-32(29,30)19-8-3-2-4-9-19)14-25-23-20-10-6-5-7-18(20)15-31-22-12-11-17(24(27)28)13-21(22)23/h2-13,16,23,25-26H,14-15H2,1H3,(H,27,28). The van der Waals surface area contributed by atoms with Gasteiger partial charge in [-0.15, -0.1) is 0 Å². The fraction of sp³-hybridized carbons (Fsp3) is 0.208. The molecule has 32 heavy (non-hydrogen) atoms. The predicted octanol–water partition coefficient (Wildman–Crippen LogP) is 3.32. The van der Waals surface area contributed by atoms with Crippen LogP contribution < -0.4 is 14.8 Å². The van der Waals surface area contributed by atoms with Gasteiger partial charge in [0.15, 0.2) is 0 Å². The van der Waals surface area contributed by atoms with Gasteiger partial charge in [-0.2, -0.15) is 0 Å². The van der Waals surface area contributed by atoms with E-state index in [1.54, 1.807) is 49.4 Å². The van der Waals surface area contributed by atoms with Gasteiger partial charge in [0.05, 0.1) is 16.5 Å². The summed E-state index contributed by atoms with van der Waals surface area (Å²) in [6, 6.07) is 20.0. The second-order valence-electron chi connectivity index (χ2n) is 7.72. The van der Waals surface area contributed by atoms with Gasteiger partial charge in [-0.25, -0.2) is 17.9 Å². The molecule has 3 aromatic carbocycles. The van der Waals surface area contributed by atoms with Gasteiger partial charge in [0, 0.05) is 18.2 Å². The maximum atomic E-state index is 12.6. The van der Waals surface area contributed by atoms with Crippen molar-refractivity contribution in [3.8, 4) is 5.75 Å². The third kappa shape index (κ3) is 4.67. The highest BCUT2D eigenvalue weighted by atomic mass is 32.2. The van der Waals surface area contributed by atoms with Crippen LogP contribution in [0.4, 0.5) is 0 Å². The molecule has 0 aromatic heterocycles. The van der Waals surface area contributed by atoms with E-state index in [2.05, 4.69) is 10.0 Å². The van der Waals surface area contributed by atoms with Crippen LogP contribution in [0.15, 0.2) is 77.7 Å². The fourth-order valence-corrected chi connectivity index (χ4v) is 5.06. The Kier molecular flexibility index (Phi) is 6.27. The quantitative estimate of drug-likeness (QED) is 0.508. The number of carboxylic acid groups (broad SMARTS) is 1. The van der Waals surface area contributed by atoms with Crippen LogP contribution in [0, 0.1) is 0 Å². The lowest BCUT2D eigenvalue weighted by molar-refractivity contribution is 0.0696. The summed E-state index contributed by atoms with van der Waals surface area (Å²) >= 11 is 0. The van der Waals surface area contributed by atoms with E-state index < -0.39 is 22.0 Å². The molecule has 0 saturated carbocycles. The topological polar surface area (TPSA) is 105 Å². The molecule has 1 heterocycles. The summed E-state index contributed by atoms with van der Waals surface area (Å²) in [5.41, 5.74) is 2.81. The number of hydrogen-bond acceptors (Lipinski definition) is 5. The molecule has 2 unspecified atom stereocenters. The van der Waals surface area contributed by atoms with E-state index in [0.717, 1.165) is 11.1 Å². The molecular weight excluding hydrogens is 428 g/mol. The van der Waals surface area contributed by atoms with Crippen LogP contribution in [0.5, 0.6) is 5.75 Å². The second kappa shape index (κ2) is 9.12. The summed E-state index contributed by atoms with van der Waals surface area (Å²) in [6.07, 6.45) is 0. The summed E-state index contributed by atoms with van der Waals surface area (Å²) < 4.78 is 33.9. The summed E-state index contributed by atoms with van der Waals surface area (Å²) in [7, 11) is -3.65. The Labute approximate surface area is 187 Å². The highest BCUT2D eigenvalue weighted by Gasteiger charge is 2.26. The number of ether oxygens (including phenoxy) is 1. The van der Waals surface area contributed by atoms with Crippen LogP contribution in [-0.4, -0.2) is 32.1 Å². The molecule has 0 bridgehead atoms. The van der Waals surface area contributed by atoms with E-state index >= 15 is 0 Å². The number of nitrogens with one attached hydrogen (secondary N) is 2. The number of carboxylic acids is 1. The van der Waals surface area contributed by atoms with Crippen molar-refractivity contribution >= 4 is 16.0 Å². The molecule has 1 aliphatic rings. The summed E-state index contributed by atoms with van der Waals surface area (Å²) in [5.74, 6) is -0.422. The Morgan fingerprint density at radius 1 is 1.06 bits per heavy atom. The summed E-state index contributed by atoms with van der Waals surface area (Å²) in [6.45, 7) is 2.47. The van der Waals surface area contributed by atoms with E-state index in [0.29, 0.717) is 24.5 Å². The number of sulfonamides is 1. The third-order valence-electron chi connectivity index (χ3n) is 5.36. The Bertz CT molecular complexity index is 1230. The maximum absolute atomic E-state index is 12.6. The first-order chi connectivity index (χ1) is 15.3.